The van der Waals surface area contributed by atoms with Crippen molar-refractivity contribution in [3.8, 4) is 5.75 Å². The fraction of sp³-hybridized carbons (Fsp3) is 0. The maximum absolute atomic E-state index is 10.6. The first-order valence-corrected chi connectivity index (χ1v) is 5.48. The molecule has 4 nitrogen and oxygen atoms in total. The Morgan fingerprint density at radius 3 is 2.33 bits per heavy atom. The number of phenolic OH excluding ortho intramolecular Hbond substituents is 1. The van der Waals surface area contributed by atoms with E-state index < -0.39 is 10.9 Å². The molecule has 0 heterocycles. The number of hydrogen-bond donors (Lipinski definition) is 3. The lowest BCUT2D eigenvalue weighted by Gasteiger charge is -2.06. The van der Waals surface area contributed by atoms with Gasteiger partial charge in [-0.2, -0.15) is 0 Å². The molecule has 0 aliphatic heterocycles. The van der Waals surface area contributed by atoms with E-state index in [9.17, 15) is 13.5 Å². The second kappa shape index (κ2) is 3.78. The van der Waals surface area contributed by atoms with Crippen LogP contribution in [0.2, 0.25) is 0 Å². The molecule has 15 heavy (non-hydrogen) atoms. The van der Waals surface area contributed by atoms with E-state index >= 15 is 0 Å². The van der Waals surface area contributed by atoms with Gasteiger partial charge in [0, 0.05) is 10.8 Å². The first-order chi connectivity index (χ1) is 7.18. The Balaban J connectivity index is 2.71. The average molecular weight is 223 g/mol. The van der Waals surface area contributed by atoms with Crippen LogP contribution in [0, 0.1) is 0 Å². The number of nitrogens with one attached hydrogen (secondary N) is 1. The first-order valence-electron chi connectivity index (χ1n) is 4.30. The smallest absolute Gasteiger partial charge is 0.222 e. The normalized spacial score (nSPS) is 10.7. The average Bonchev–Trinajstić information content (AvgIpc) is 2.22. The largest absolute Gasteiger partial charge is 0.507 e. The molecule has 0 bridgehead atoms. The highest BCUT2D eigenvalue weighted by atomic mass is 32.2. The number of rotatable bonds is 2. The zero-order valence-corrected chi connectivity index (χ0v) is 8.57. The monoisotopic (exact) mass is 223 g/mol. The molecule has 0 aliphatic carbocycles. The molecule has 0 aliphatic rings. The number of thiol groups is 1. The predicted molar refractivity (Wildman–Crippen MR) is 59.6 cm³/mol. The molecule has 78 valence electrons. The van der Waals surface area contributed by atoms with Crippen molar-refractivity contribution in [3.63, 3.8) is 0 Å². The first kappa shape index (κ1) is 9.79. The quantitative estimate of drug-likeness (QED) is 0.533. The second-order valence-corrected chi connectivity index (χ2v) is 3.78. The van der Waals surface area contributed by atoms with Gasteiger partial charge in [0.1, 0.15) is 5.75 Å². The van der Waals surface area contributed by atoms with Gasteiger partial charge >= 0.3 is 0 Å². The minimum absolute atomic E-state index is 0.136. The lowest BCUT2D eigenvalue weighted by Crippen LogP contribution is -1.95. The number of hydrogen-bond acceptors (Lipinski definition) is 3. The third-order valence-corrected chi connectivity index (χ3v) is 2.54. The summed E-state index contributed by atoms with van der Waals surface area (Å²) in [6.45, 7) is 0. The number of benzene rings is 2. The Kier molecular flexibility index (Phi) is 2.47. The molecule has 5 heteroatoms. The van der Waals surface area contributed by atoms with Crippen LogP contribution in [0.15, 0.2) is 36.4 Å². The molecule has 0 radical (unpaired) electrons. The fourth-order valence-electron chi connectivity index (χ4n) is 1.48. The van der Waals surface area contributed by atoms with Gasteiger partial charge < -0.3 is 5.11 Å². The third-order valence-electron chi connectivity index (χ3n) is 2.11. The summed E-state index contributed by atoms with van der Waals surface area (Å²) in [6, 6.07) is 10.0. The van der Waals surface area contributed by atoms with Gasteiger partial charge in [-0.05, 0) is 12.1 Å². The maximum atomic E-state index is 10.6. The third kappa shape index (κ3) is 1.87. The molecular weight excluding hydrogens is 214 g/mol. The molecule has 2 aromatic carbocycles. The minimum Gasteiger partial charge on any atom is -0.507 e. The maximum Gasteiger partial charge on any atom is 0.222 e. The van der Waals surface area contributed by atoms with Crippen molar-refractivity contribution >= 4 is 27.4 Å². The zero-order chi connectivity index (χ0) is 10.8. The topological polar surface area (TPSA) is 66.4 Å². The van der Waals surface area contributed by atoms with Gasteiger partial charge in [-0.3, -0.25) is 4.72 Å². The molecule has 2 N–H and O–H groups in total. The van der Waals surface area contributed by atoms with Gasteiger partial charge in [0.15, 0.2) is 0 Å². The van der Waals surface area contributed by atoms with Crippen molar-refractivity contribution in [1.82, 2.24) is 0 Å². The summed E-state index contributed by atoms with van der Waals surface area (Å²) >= 11 is 0. The van der Waals surface area contributed by atoms with E-state index in [-0.39, 0.29) is 5.75 Å². The Morgan fingerprint density at radius 1 is 1.00 bits per heavy atom. The van der Waals surface area contributed by atoms with Crippen LogP contribution in [-0.2, 0) is 10.9 Å². The summed E-state index contributed by atoms with van der Waals surface area (Å²) in [4.78, 5) is 0. The Bertz CT molecular complexity index is 570. The van der Waals surface area contributed by atoms with Gasteiger partial charge in [0.2, 0.25) is 10.9 Å². The van der Waals surface area contributed by atoms with Gasteiger partial charge in [-0.25, -0.2) is 8.42 Å². The van der Waals surface area contributed by atoms with Crippen LogP contribution in [-0.4, -0.2) is 13.5 Å². The summed E-state index contributed by atoms with van der Waals surface area (Å²) in [5.74, 6) is 0.136. The van der Waals surface area contributed by atoms with Gasteiger partial charge in [0.05, 0.1) is 5.69 Å². The van der Waals surface area contributed by atoms with E-state index in [1.807, 2.05) is 0 Å². The zero-order valence-electron chi connectivity index (χ0n) is 7.68. The minimum atomic E-state index is -2.69. The van der Waals surface area contributed by atoms with Gasteiger partial charge in [-0.1, -0.05) is 24.3 Å². The van der Waals surface area contributed by atoms with E-state index in [1.165, 1.54) is 12.1 Å². The number of aromatic hydroxyl groups is 1. The van der Waals surface area contributed by atoms with Crippen LogP contribution < -0.4 is 4.72 Å². The molecular formula is C10H9NO3S. The van der Waals surface area contributed by atoms with Crippen molar-refractivity contribution in [2.24, 2.45) is 0 Å². The number of fused-ring (bicyclic) bond motifs is 1. The van der Waals surface area contributed by atoms with Crippen molar-refractivity contribution in [2.45, 2.75) is 0 Å². The summed E-state index contributed by atoms with van der Waals surface area (Å²) in [7, 11) is -2.69. The van der Waals surface area contributed by atoms with Crippen molar-refractivity contribution in [3.05, 3.63) is 36.4 Å². The van der Waals surface area contributed by atoms with Gasteiger partial charge in [0.25, 0.3) is 0 Å². The Morgan fingerprint density at radius 2 is 1.67 bits per heavy atom. The van der Waals surface area contributed by atoms with Crippen LogP contribution in [0.25, 0.3) is 10.8 Å². The molecule has 0 saturated carbocycles. The lowest BCUT2D eigenvalue weighted by atomic mass is 10.1. The van der Waals surface area contributed by atoms with Crippen LogP contribution in [0.1, 0.15) is 0 Å². The second-order valence-electron chi connectivity index (χ2n) is 3.05. The Labute approximate surface area is 88.2 Å². The van der Waals surface area contributed by atoms with Gasteiger partial charge in [-0.15, -0.1) is 0 Å². The standard InChI is InChI=1S/C10H9NO3S/c12-10-6-5-9(11-15(13)14)7-3-1-2-4-8(7)10/h1-6,12,15H,(H,11,13,14). The number of phenols is 1. The molecule has 0 unspecified atom stereocenters. The highest BCUT2D eigenvalue weighted by Gasteiger charge is 2.03. The van der Waals surface area contributed by atoms with Crippen LogP contribution >= 0.6 is 0 Å². The van der Waals surface area contributed by atoms with E-state index in [0.29, 0.717) is 16.5 Å². The summed E-state index contributed by atoms with van der Waals surface area (Å²) in [6.07, 6.45) is 0. The molecule has 0 fully saturated rings. The molecule has 0 aromatic heterocycles. The van der Waals surface area contributed by atoms with Crippen molar-refractivity contribution < 1.29 is 13.5 Å². The lowest BCUT2D eigenvalue weighted by molar-refractivity contribution is 0.481. The van der Waals surface area contributed by atoms with E-state index in [1.54, 1.807) is 24.3 Å². The summed E-state index contributed by atoms with van der Waals surface area (Å²) in [5, 5.41) is 10.9. The number of anilines is 1. The highest BCUT2D eigenvalue weighted by Crippen LogP contribution is 2.30. The predicted octanol–water partition coefficient (Wildman–Crippen LogP) is 1.48. The molecule has 0 amide bonds. The summed E-state index contributed by atoms with van der Waals surface area (Å²) < 4.78 is 23.4. The highest BCUT2D eigenvalue weighted by molar-refractivity contribution is 7.73. The van der Waals surface area contributed by atoms with Crippen molar-refractivity contribution in [1.29, 1.82) is 0 Å². The molecule has 0 atom stereocenters. The Hall–Kier alpha value is -1.75. The molecule has 2 aromatic rings. The van der Waals surface area contributed by atoms with E-state index in [0.717, 1.165) is 0 Å². The SMILES string of the molecule is O=[SH](=O)Nc1ccc(O)c2ccccc12. The fourth-order valence-corrected chi connectivity index (χ4v) is 1.87. The summed E-state index contributed by atoms with van der Waals surface area (Å²) in [5.41, 5.74) is 0.472. The molecule has 2 rings (SSSR count). The van der Waals surface area contributed by atoms with Crippen LogP contribution in [0.3, 0.4) is 0 Å². The van der Waals surface area contributed by atoms with Crippen LogP contribution in [0.5, 0.6) is 5.75 Å². The van der Waals surface area contributed by atoms with Crippen molar-refractivity contribution in [2.75, 3.05) is 4.72 Å². The molecule has 0 saturated heterocycles. The van der Waals surface area contributed by atoms with Crippen LogP contribution in [0.4, 0.5) is 5.69 Å². The molecule has 0 spiro atoms. The van der Waals surface area contributed by atoms with E-state index in [2.05, 4.69) is 4.72 Å². The van der Waals surface area contributed by atoms with E-state index in [4.69, 9.17) is 0 Å².